The fourth-order valence-corrected chi connectivity index (χ4v) is 5.62. The Morgan fingerprint density at radius 2 is 1.78 bits per heavy atom. The van der Waals surface area contributed by atoms with Crippen LogP contribution in [0.15, 0.2) is 42.5 Å². The topological polar surface area (TPSA) is 101 Å². The Bertz CT molecular complexity index is 1160. The Hall–Kier alpha value is -3.10. The zero-order valence-electron chi connectivity index (χ0n) is 17.2. The van der Waals surface area contributed by atoms with E-state index in [9.17, 15) is 24.5 Å². The number of carbonyl (C=O) groups excluding carboxylic acids is 3. The number of fused-ring (bicyclic) bond motifs is 3. The first kappa shape index (κ1) is 20.8. The fourth-order valence-electron chi connectivity index (χ4n) is 5.44. The number of halogens is 1. The van der Waals surface area contributed by atoms with Crippen molar-refractivity contribution in [3.63, 3.8) is 0 Å². The number of aryl methyl sites for hydroxylation is 1. The van der Waals surface area contributed by atoms with Gasteiger partial charge in [-0.15, -0.1) is 0 Å². The summed E-state index contributed by atoms with van der Waals surface area (Å²) >= 11 is 5.90. The SMILES string of the molecule is Cc1ccc(C(=O)[C@@H]2[C@@H]3C(=O)N(c4ccc(Cl)c([N+](=O)[O-])c4)C(=O)[C@@H]3[C@H]3CCCN32)cc1. The molecule has 0 unspecified atom stereocenters. The monoisotopic (exact) mass is 453 g/mol. The molecule has 9 heteroatoms. The molecule has 32 heavy (non-hydrogen) atoms. The van der Waals surface area contributed by atoms with Crippen LogP contribution in [0, 0.1) is 28.9 Å². The minimum atomic E-state index is -0.809. The van der Waals surface area contributed by atoms with Crippen LogP contribution >= 0.6 is 11.6 Å². The molecule has 5 rings (SSSR count). The molecule has 0 saturated carbocycles. The maximum atomic E-state index is 13.5. The lowest BCUT2D eigenvalue weighted by Gasteiger charge is -2.27. The van der Waals surface area contributed by atoms with Crippen LogP contribution in [0.5, 0.6) is 0 Å². The fraction of sp³-hybridized carbons (Fsp3) is 0.348. The highest BCUT2D eigenvalue weighted by Gasteiger charge is 2.64. The van der Waals surface area contributed by atoms with Gasteiger partial charge >= 0.3 is 0 Å². The van der Waals surface area contributed by atoms with Crippen LogP contribution in [-0.2, 0) is 9.59 Å². The van der Waals surface area contributed by atoms with E-state index in [4.69, 9.17) is 11.6 Å². The van der Waals surface area contributed by atoms with Gasteiger partial charge in [-0.25, -0.2) is 4.90 Å². The predicted molar refractivity (Wildman–Crippen MR) is 117 cm³/mol. The molecule has 0 aromatic heterocycles. The molecular weight excluding hydrogens is 434 g/mol. The molecule has 3 fully saturated rings. The van der Waals surface area contributed by atoms with Gasteiger partial charge in [-0.3, -0.25) is 29.4 Å². The number of Topliss-reactive ketones (excluding diaryl/α,β-unsaturated/α-hetero) is 1. The van der Waals surface area contributed by atoms with E-state index in [-0.39, 0.29) is 28.2 Å². The van der Waals surface area contributed by atoms with Crippen molar-refractivity contribution in [2.75, 3.05) is 11.4 Å². The molecular formula is C23H20ClN3O5. The van der Waals surface area contributed by atoms with Crippen molar-refractivity contribution < 1.29 is 19.3 Å². The molecule has 3 heterocycles. The molecule has 3 aliphatic rings. The molecule has 0 spiro atoms. The first-order valence-corrected chi connectivity index (χ1v) is 10.9. The molecule has 0 aliphatic carbocycles. The van der Waals surface area contributed by atoms with Crippen LogP contribution in [-0.4, -0.2) is 46.0 Å². The summed E-state index contributed by atoms with van der Waals surface area (Å²) in [5.41, 5.74) is 1.26. The van der Waals surface area contributed by atoms with Gasteiger partial charge in [0.05, 0.1) is 28.5 Å². The molecule has 3 saturated heterocycles. The summed E-state index contributed by atoms with van der Waals surface area (Å²) in [6.07, 6.45) is 1.58. The lowest BCUT2D eigenvalue weighted by molar-refractivity contribution is -0.384. The number of benzene rings is 2. The van der Waals surface area contributed by atoms with Crippen molar-refractivity contribution in [3.8, 4) is 0 Å². The number of imide groups is 1. The van der Waals surface area contributed by atoms with Crippen LogP contribution in [0.2, 0.25) is 5.02 Å². The van der Waals surface area contributed by atoms with Gasteiger partial charge < -0.3 is 0 Å². The van der Waals surface area contributed by atoms with Crippen molar-refractivity contribution in [1.82, 2.24) is 4.90 Å². The Morgan fingerprint density at radius 3 is 2.47 bits per heavy atom. The molecule has 2 aromatic carbocycles. The van der Waals surface area contributed by atoms with Gasteiger partial charge in [-0.1, -0.05) is 41.4 Å². The normalized spacial score (nSPS) is 27.0. The quantitative estimate of drug-likeness (QED) is 0.304. The Kier molecular flexibility index (Phi) is 4.87. The number of carbonyl (C=O) groups is 3. The van der Waals surface area contributed by atoms with Crippen LogP contribution in [0.1, 0.15) is 28.8 Å². The molecule has 2 amide bonds. The van der Waals surface area contributed by atoms with Crippen LogP contribution in [0.4, 0.5) is 11.4 Å². The third kappa shape index (κ3) is 2.97. The van der Waals surface area contributed by atoms with Crippen LogP contribution < -0.4 is 4.90 Å². The second kappa shape index (κ2) is 7.50. The van der Waals surface area contributed by atoms with Crippen molar-refractivity contribution >= 4 is 40.6 Å². The molecule has 3 aliphatic heterocycles. The molecule has 0 bridgehead atoms. The Balaban J connectivity index is 1.55. The van der Waals surface area contributed by atoms with Gasteiger partial charge in [0.15, 0.2) is 5.78 Å². The number of anilines is 1. The predicted octanol–water partition coefficient (Wildman–Crippen LogP) is 3.39. The van der Waals surface area contributed by atoms with E-state index in [0.717, 1.165) is 29.4 Å². The maximum absolute atomic E-state index is 13.5. The summed E-state index contributed by atoms with van der Waals surface area (Å²) in [5, 5.41) is 11.2. The average molecular weight is 454 g/mol. The third-order valence-electron chi connectivity index (χ3n) is 6.84. The maximum Gasteiger partial charge on any atom is 0.289 e. The number of nitro groups is 1. The average Bonchev–Trinajstić information content (AvgIpc) is 3.41. The van der Waals surface area contributed by atoms with E-state index in [1.165, 1.54) is 12.1 Å². The van der Waals surface area contributed by atoms with E-state index in [2.05, 4.69) is 0 Å². The highest BCUT2D eigenvalue weighted by atomic mass is 35.5. The summed E-state index contributed by atoms with van der Waals surface area (Å²) in [4.78, 5) is 54.1. The Labute approximate surface area is 188 Å². The third-order valence-corrected chi connectivity index (χ3v) is 7.16. The number of nitrogens with zero attached hydrogens (tertiary/aromatic N) is 3. The summed E-state index contributed by atoms with van der Waals surface area (Å²) in [6.45, 7) is 2.59. The van der Waals surface area contributed by atoms with E-state index in [1.807, 2.05) is 24.0 Å². The minimum absolute atomic E-state index is 0.0765. The van der Waals surface area contributed by atoms with E-state index in [1.54, 1.807) is 12.1 Å². The molecule has 164 valence electrons. The lowest BCUT2D eigenvalue weighted by atomic mass is 9.85. The number of hydrogen-bond acceptors (Lipinski definition) is 6. The van der Waals surface area contributed by atoms with Gasteiger partial charge in [-0.05, 0) is 38.4 Å². The van der Waals surface area contributed by atoms with Gasteiger partial charge in [0.1, 0.15) is 5.02 Å². The summed E-state index contributed by atoms with van der Waals surface area (Å²) in [6, 6.07) is 10.2. The Morgan fingerprint density at radius 1 is 1.09 bits per heavy atom. The zero-order chi connectivity index (χ0) is 22.7. The van der Waals surface area contributed by atoms with Gasteiger partial charge in [-0.2, -0.15) is 0 Å². The largest absolute Gasteiger partial charge is 0.292 e. The molecule has 0 N–H and O–H groups in total. The highest BCUT2D eigenvalue weighted by Crippen LogP contribution is 2.49. The summed E-state index contributed by atoms with van der Waals surface area (Å²) in [7, 11) is 0. The zero-order valence-corrected chi connectivity index (χ0v) is 18.0. The molecule has 4 atom stereocenters. The van der Waals surface area contributed by atoms with E-state index in [0.29, 0.717) is 12.1 Å². The number of rotatable bonds is 4. The minimum Gasteiger partial charge on any atom is -0.292 e. The van der Waals surface area contributed by atoms with Crippen molar-refractivity contribution in [2.45, 2.75) is 31.8 Å². The molecule has 0 radical (unpaired) electrons. The van der Waals surface area contributed by atoms with Crippen molar-refractivity contribution in [3.05, 3.63) is 68.7 Å². The van der Waals surface area contributed by atoms with Gasteiger partial charge in [0, 0.05) is 17.7 Å². The number of nitro benzene ring substituents is 1. The second-order valence-electron chi connectivity index (χ2n) is 8.58. The number of amides is 2. The van der Waals surface area contributed by atoms with E-state index < -0.39 is 34.6 Å². The summed E-state index contributed by atoms with van der Waals surface area (Å²) in [5.74, 6) is -2.52. The van der Waals surface area contributed by atoms with E-state index >= 15 is 0 Å². The molecule has 8 nitrogen and oxygen atoms in total. The lowest BCUT2D eigenvalue weighted by Crippen LogP contribution is -2.46. The van der Waals surface area contributed by atoms with Crippen molar-refractivity contribution in [1.29, 1.82) is 0 Å². The standard InChI is InChI=1S/C23H20ClN3O5/c1-12-4-6-13(7-5-12)21(28)20-19-18(16-3-2-10-25(16)20)22(29)26(23(19)30)14-8-9-15(24)17(11-14)27(31)32/h4-9,11,16,18-20H,2-3,10H2,1H3/t16-,18-,19-,20+/m1/s1. The first-order chi connectivity index (χ1) is 15.3. The second-order valence-corrected chi connectivity index (χ2v) is 8.99. The number of hydrogen-bond donors (Lipinski definition) is 0. The summed E-state index contributed by atoms with van der Waals surface area (Å²) < 4.78 is 0. The van der Waals surface area contributed by atoms with Gasteiger partial charge in [0.25, 0.3) is 5.69 Å². The van der Waals surface area contributed by atoms with Gasteiger partial charge in [0.2, 0.25) is 11.8 Å². The highest BCUT2D eigenvalue weighted by molar-refractivity contribution is 6.33. The molecule has 2 aromatic rings. The first-order valence-electron chi connectivity index (χ1n) is 10.5. The van der Waals surface area contributed by atoms with Crippen LogP contribution in [0.3, 0.4) is 0 Å². The smallest absolute Gasteiger partial charge is 0.289 e. The van der Waals surface area contributed by atoms with Crippen molar-refractivity contribution in [2.24, 2.45) is 11.8 Å². The van der Waals surface area contributed by atoms with Crippen LogP contribution in [0.25, 0.3) is 0 Å². The number of ketones is 1.